The highest BCUT2D eigenvalue weighted by Crippen LogP contribution is 2.30. The zero-order valence-electron chi connectivity index (χ0n) is 20.4. The first-order chi connectivity index (χ1) is 17.5. The van der Waals surface area contributed by atoms with E-state index in [4.69, 9.17) is 11.6 Å². The van der Waals surface area contributed by atoms with Crippen LogP contribution in [0.15, 0.2) is 99.6 Å². The topological polar surface area (TPSA) is 86.7 Å². The van der Waals surface area contributed by atoms with Gasteiger partial charge in [-0.2, -0.15) is 8.78 Å². The van der Waals surface area contributed by atoms with Crippen molar-refractivity contribution in [2.75, 3.05) is 32.6 Å². The van der Waals surface area contributed by atoms with Gasteiger partial charge >= 0.3 is 11.2 Å². The van der Waals surface area contributed by atoms with E-state index in [-0.39, 0.29) is 17.4 Å². The molecule has 3 rings (SSSR count). The molecule has 6 nitrogen and oxygen atoms in total. The number of ether oxygens (including phenoxy) is 1. The summed E-state index contributed by atoms with van der Waals surface area (Å²) in [5.74, 6) is -2.07. The maximum absolute atomic E-state index is 12.6. The van der Waals surface area contributed by atoms with Crippen molar-refractivity contribution in [2.24, 2.45) is 0 Å². The lowest BCUT2D eigenvalue weighted by Crippen LogP contribution is -2.40. The van der Waals surface area contributed by atoms with Gasteiger partial charge < -0.3 is 14.2 Å². The fourth-order valence-corrected chi connectivity index (χ4v) is 5.57. The van der Waals surface area contributed by atoms with Gasteiger partial charge in [-0.15, -0.1) is 11.6 Å². The third kappa shape index (κ3) is 9.39. The molecule has 0 atom stereocenters. The van der Waals surface area contributed by atoms with Crippen LogP contribution in [0.1, 0.15) is 5.56 Å². The Hall–Kier alpha value is -2.50. The summed E-state index contributed by atoms with van der Waals surface area (Å²) in [4.78, 5) is 16.3. The van der Waals surface area contributed by atoms with Crippen molar-refractivity contribution in [3.8, 4) is 0 Å². The SMILES string of the molecule is CN(CCCl)CCOC(=O)C(F)(F)S(=O)(=O)[O-].Cc1ccc([S+](c2ccccc2)c2ccccc2)cc1. The molecule has 0 aliphatic carbocycles. The van der Waals surface area contributed by atoms with Crippen molar-refractivity contribution in [3.63, 3.8) is 0 Å². The number of nitrogens with zero attached hydrogens (tertiary/aromatic N) is 1. The van der Waals surface area contributed by atoms with Crippen molar-refractivity contribution >= 4 is 38.6 Å². The normalized spacial score (nSPS) is 11.7. The van der Waals surface area contributed by atoms with E-state index in [1.54, 1.807) is 11.9 Å². The first kappa shape index (κ1) is 30.7. The molecule has 0 fully saturated rings. The Balaban J connectivity index is 0.000000265. The minimum atomic E-state index is -6.06. The highest BCUT2D eigenvalue weighted by atomic mass is 35.5. The summed E-state index contributed by atoms with van der Waals surface area (Å²) >= 11 is 5.38. The number of carbonyl (C=O) groups is 1. The average Bonchev–Trinajstić information content (AvgIpc) is 2.86. The van der Waals surface area contributed by atoms with Gasteiger partial charge in [0.15, 0.2) is 24.8 Å². The summed E-state index contributed by atoms with van der Waals surface area (Å²) in [6.07, 6.45) is 0. The molecule has 0 unspecified atom stereocenters. The van der Waals surface area contributed by atoms with Gasteiger partial charge in [0.1, 0.15) is 6.61 Å². The fourth-order valence-electron chi connectivity index (χ4n) is 2.93. The summed E-state index contributed by atoms with van der Waals surface area (Å²) in [5.41, 5.74) is 1.30. The number of rotatable bonds is 10. The van der Waals surface area contributed by atoms with E-state index in [9.17, 15) is 26.5 Å². The third-order valence-electron chi connectivity index (χ3n) is 4.94. The second kappa shape index (κ2) is 14.4. The van der Waals surface area contributed by atoms with Crippen LogP contribution in [-0.2, 0) is 30.5 Å². The molecule has 3 aromatic carbocycles. The zero-order valence-corrected chi connectivity index (χ0v) is 22.7. The monoisotopic (exact) mass is 571 g/mol. The van der Waals surface area contributed by atoms with Gasteiger partial charge in [0, 0.05) is 19.0 Å². The van der Waals surface area contributed by atoms with Gasteiger partial charge in [0.25, 0.3) is 0 Å². The van der Waals surface area contributed by atoms with Crippen molar-refractivity contribution in [1.82, 2.24) is 4.90 Å². The molecule has 11 heteroatoms. The molecule has 0 saturated heterocycles. The predicted molar refractivity (Wildman–Crippen MR) is 140 cm³/mol. The van der Waals surface area contributed by atoms with Crippen LogP contribution in [0, 0.1) is 6.92 Å². The smallest absolute Gasteiger partial charge is 0.428 e. The van der Waals surface area contributed by atoms with Gasteiger partial charge in [0.05, 0.1) is 10.9 Å². The highest BCUT2D eigenvalue weighted by Gasteiger charge is 2.48. The van der Waals surface area contributed by atoms with E-state index in [2.05, 4.69) is 96.6 Å². The Bertz CT molecular complexity index is 1180. The Kier molecular flexibility index (Phi) is 12.0. The summed E-state index contributed by atoms with van der Waals surface area (Å²) in [6.45, 7) is 2.20. The van der Waals surface area contributed by atoms with Crippen LogP contribution < -0.4 is 0 Å². The molecule has 0 N–H and O–H groups in total. The van der Waals surface area contributed by atoms with Crippen LogP contribution >= 0.6 is 11.6 Å². The molecule has 0 aliphatic heterocycles. The number of benzene rings is 3. The number of alkyl halides is 3. The molecule has 0 saturated carbocycles. The molecule has 0 aliphatic rings. The third-order valence-corrected chi connectivity index (χ3v) is 8.13. The molecule has 0 amide bonds. The van der Waals surface area contributed by atoms with Gasteiger partial charge in [0.2, 0.25) is 0 Å². The van der Waals surface area contributed by atoms with Crippen molar-refractivity contribution in [2.45, 2.75) is 26.9 Å². The van der Waals surface area contributed by atoms with Crippen LogP contribution in [-0.4, -0.2) is 61.7 Å². The first-order valence-electron chi connectivity index (χ1n) is 11.1. The van der Waals surface area contributed by atoms with E-state index in [1.807, 2.05) is 0 Å². The average molecular weight is 572 g/mol. The molecule has 3 aromatic rings. The molecule has 0 radical (unpaired) electrons. The number of aryl methyl sites for hydroxylation is 1. The van der Waals surface area contributed by atoms with Gasteiger partial charge in [-0.05, 0) is 50.4 Å². The Morgan fingerprint density at radius 3 is 1.81 bits per heavy atom. The predicted octanol–water partition coefficient (Wildman–Crippen LogP) is 4.93. The second-order valence-corrected chi connectivity index (χ2v) is 11.7. The second-order valence-electron chi connectivity index (χ2n) is 7.84. The first-order valence-corrected chi connectivity index (χ1v) is 14.3. The quantitative estimate of drug-likeness (QED) is 0.148. The Labute approximate surface area is 224 Å². The number of esters is 1. The van der Waals surface area contributed by atoms with Crippen molar-refractivity contribution in [3.05, 3.63) is 90.5 Å². The van der Waals surface area contributed by atoms with Gasteiger partial charge in [-0.3, -0.25) is 0 Å². The van der Waals surface area contributed by atoms with Crippen LogP contribution in [0.5, 0.6) is 0 Å². The van der Waals surface area contributed by atoms with E-state index in [0.29, 0.717) is 12.4 Å². The molecular formula is C26H28ClF2NO5S2. The number of carbonyl (C=O) groups excluding carboxylic acids is 1. The summed E-state index contributed by atoms with van der Waals surface area (Å²) in [7, 11) is -4.48. The molecule has 0 aromatic heterocycles. The number of hydrogen-bond acceptors (Lipinski definition) is 6. The van der Waals surface area contributed by atoms with E-state index >= 15 is 0 Å². The standard InChI is InChI=1S/C19H17S.C7H12ClF2NO5S/c1-16-12-14-19(15-13-16)20(17-8-4-2-5-9-17)18-10-6-3-7-11-18;1-11(3-2-8)4-5-16-6(12)7(9,10)17(13,14)15/h2-15H,1H3;2-5H2,1H3,(H,13,14,15)/q+1;/p-1. The number of likely N-dealkylation sites (N-methyl/N-ethyl adjacent to an activating group) is 1. The molecule has 200 valence electrons. The fraction of sp³-hybridized carbons (Fsp3) is 0.269. The summed E-state index contributed by atoms with van der Waals surface area (Å²) in [6, 6.07) is 30.4. The minimum absolute atomic E-state index is 0.0229. The van der Waals surface area contributed by atoms with E-state index < -0.39 is 27.9 Å². The van der Waals surface area contributed by atoms with Crippen LogP contribution in [0.2, 0.25) is 0 Å². The highest BCUT2D eigenvalue weighted by molar-refractivity contribution is 7.97. The lowest BCUT2D eigenvalue weighted by molar-refractivity contribution is -0.161. The lowest BCUT2D eigenvalue weighted by atomic mass is 10.2. The lowest BCUT2D eigenvalue weighted by Gasteiger charge is -2.19. The molecule has 37 heavy (non-hydrogen) atoms. The molecular weight excluding hydrogens is 544 g/mol. The maximum Gasteiger partial charge on any atom is 0.428 e. The van der Waals surface area contributed by atoms with E-state index in [0.717, 1.165) is 0 Å². The maximum atomic E-state index is 12.6. The summed E-state index contributed by atoms with van der Waals surface area (Å²) < 4.78 is 59.4. The molecule has 0 spiro atoms. The van der Waals surface area contributed by atoms with Crippen LogP contribution in [0.3, 0.4) is 0 Å². The largest absolute Gasteiger partial charge is 0.743 e. The van der Waals surface area contributed by atoms with Crippen molar-refractivity contribution < 1.29 is 31.3 Å². The van der Waals surface area contributed by atoms with Gasteiger partial charge in [-0.25, -0.2) is 13.2 Å². The van der Waals surface area contributed by atoms with Gasteiger partial charge in [-0.1, -0.05) is 54.1 Å². The van der Waals surface area contributed by atoms with E-state index in [1.165, 1.54) is 20.2 Å². The Morgan fingerprint density at radius 2 is 1.38 bits per heavy atom. The van der Waals surface area contributed by atoms with Crippen LogP contribution in [0.4, 0.5) is 8.78 Å². The van der Waals surface area contributed by atoms with Crippen molar-refractivity contribution in [1.29, 1.82) is 0 Å². The number of hydrogen-bond donors (Lipinski definition) is 0. The zero-order chi connectivity index (χ0) is 27.5. The summed E-state index contributed by atoms with van der Waals surface area (Å²) in [5, 5.41) is -5.06. The molecule has 0 bridgehead atoms. The van der Waals surface area contributed by atoms with Crippen LogP contribution in [0.25, 0.3) is 0 Å². The molecule has 0 heterocycles. The Morgan fingerprint density at radius 1 is 0.919 bits per heavy atom. The minimum Gasteiger partial charge on any atom is -0.743 e. The number of halogens is 3.